The Bertz CT molecular complexity index is 1510. The molecule has 4 aromatic carbocycles. The zero-order valence-electron chi connectivity index (χ0n) is 29.0. The molecule has 0 bridgehead atoms. The summed E-state index contributed by atoms with van der Waals surface area (Å²) in [6.45, 7) is 26.3. The standard InChI is InChI=1S/2C21H26N.H2O4S/c2*1-4-16-22(17-5-2,18-20-12-8-6-9-13-20)19(3)21-14-10-7-11-15-21;1-5(2,3)4/h2*4-15,19H,1-2,16-18H2,3H3;(H2,1,2,3,4)/q2*+1;/p-2. The first-order valence-electron chi connectivity index (χ1n) is 16.4. The van der Waals surface area contributed by atoms with E-state index < -0.39 is 10.4 Å². The maximum absolute atomic E-state index is 8.52. The molecule has 2 unspecified atom stereocenters. The zero-order valence-corrected chi connectivity index (χ0v) is 29.8. The van der Waals surface area contributed by atoms with Crippen LogP contribution in [0.4, 0.5) is 0 Å². The molecule has 0 heterocycles. The molecule has 6 nitrogen and oxygen atoms in total. The van der Waals surface area contributed by atoms with Crippen LogP contribution in [0.15, 0.2) is 172 Å². The van der Waals surface area contributed by atoms with Crippen LogP contribution in [0.1, 0.15) is 48.2 Å². The Morgan fingerprint density at radius 3 is 0.959 bits per heavy atom. The largest absolute Gasteiger partial charge is 0.759 e. The van der Waals surface area contributed by atoms with Crippen LogP contribution in [0.3, 0.4) is 0 Å². The van der Waals surface area contributed by atoms with Crippen LogP contribution in [0.25, 0.3) is 0 Å². The Morgan fingerprint density at radius 1 is 0.510 bits per heavy atom. The molecule has 0 radical (unpaired) electrons. The molecule has 0 aliphatic heterocycles. The minimum atomic E-state index is -5.17. The topological polar surface area (TPSA) is 80.3 Å². The van der Waals surface area contributed by atoms with E-state index in [1.54, 1.807) is 0 Å². The number of rotatable bonds is 16. The number of hydrogen-bond donors (Lipinski definition) is 0. The fourth-order valence-electron chi connectivity index (χ4n) is 6.33. The molecule has 0 fully saturated rings. The smallest absolute Gasteiger partial charge is 0.113 e. The Labute approximate surface area is 295 Å². The van der Waals surface area contributed by atoms with Gasteiger partial charge in [0, 0.05) is 32.7 Å². The van der Waals surface area contributed by atoms with Crippen LogP contribution in [0.5, 0.6) is 0 Å². The Hall–Kier alpha value is -4.37. The van der Waals surface area contributed by atoms with E-state index in [-0.39, 0.29) is 0 Å². The summed E-state index contributed by atoms with van der Waals surface area (Å²) in [5, 5.41) is 0. The number of quaternary nitrogens is 2. The molecule has 4 rings (SSSR count). The molecule has 7 heteroatoms. The van der Waals surface area contributed by atoms with E-state index >= 15 is 0 Å². The van der Waals surface area contributed by atoms with Gasteiger partial charge in [-0.25, -0.2) is 0 Å². The summed E-state index contributed by atoms with van der Waals surface area (Å²) in [6.07, 6.45) is 8.13. The lowest BCUT2D eigenvalue weighted by atomic mass is 10.0. The summed E-state index contributed by atoms with van der Waals surface area (Å²) in [7, 11) is -5.17. The van der Waals surface area contributed by atoms with Gasteiger partial charge in [-0.05, 0) is 38.2 Å². The first-order chi connectivity index (χ1) is 23.4. The quantitative estimate of drug-likeness (QED) is 0.0512. The second-order valence-electron chi connectivity index (χ2n) is 12.2. The van der Waals surface area contributed by atoms with Crippen LogP contribution in [-0.2, 0) is 23.5 Å². The second kappa shape index (κ2) is 20.9. The number of benzene rings is 4. The van der Waals surface area contributed by atoms with Crippen LogP contribution in [0, 0.1) is 0 Å². The molecule has 0 N–H and O–H groups in total. The zero-order chi connectivity index (χ0) is 36.2. The minimum Gasteiger partial charge on any atom is -0.759 e. The van der Waals surface area contributed by atoms with Crippen molar-refractivity contribution >= 4 is 10.4 Å². The predicted octanol–water partition coefficient (Wildman–Crippen LogP) is 8.94. The Kier molecular flexibility index (Phi) is 17.4. The summed E-state index contributed by atoms with van der Waals surface area (Å²) in [5.74, 6) is 0. The van der Waals surface area contributed by atoms with Gasteiger partial charge in [-0.15, -0.1) is 0 Å². The van der Waals surface area contributed by atoms with E-state index in [0.717, 1.165) is 48.2 Å². The highest BCUT2D eigenvalue weighted by molar-refractivity contribution is 7.79. The third kappa shape index (κ3) is 13.9. The monoisotopic (exact) mass is 680 g/mol. The van der Waals surface area contributed by atoms with E-state index in [1.807, 2.05) is 24.3 Å². The lowest BCUT2D eigenvalue weighted by Crippen LogP contribution is -2.49. The van der Waals surface area contributed by atoms with Gasteiger partial charge in [-0.3, -0.25) is 8.42 Å². The fourth-order valence-corrected chi connectivity index (χ4v) is 6.33. The van der Waals surface area contributed by atoms with Gasteiger partial charge in [0.15, 0.2) is 0 Å². The molecule has 0 spiro atoms. The van der Waals surface area contributed by atoms with E-state index in [9.17, 15) is 0 Å². The van der Waals surface area contributed by atoms with Crippen molar-refractivity contribution in [1.29, 1.82) is 0 Å². The van der Waals surface area contributed by atoms with Crippen molar-refractivity contribution < 1.29 is 26.5 Å². The molecule has 0 saturated heterocycles. The van der Waals surface area contributed by atoms with Crippen LogP contribution < -0.4 is 0 Å². The third-order valence-corrected chi connectivity index (χ3v) is 8.86. The third-order valence-electron chi connectivity index (χ3n) is 8.86. The molecule has 49 heavy (non-hydrogen) atoms. The van der Waals surface area contributed by atoms with Crippen molar-refractivity contribution in [3.05, 3.63) is 194 Å². The molecule has 4 aromatic rings. The van der Waals surface area contributed by atoms with Crippen molar-refractivity contribution in [2.24, 2.45) is 0 Å². The van der Waals surface area contributed by atoms with Gasteiger partial charge in [-0.1, -0.05) is 148 Å². The minimum absolute atomic E-state index is 0.386. The van der Waals surface area contributed by atoms with Crippen LogP contribution >= 0.6 is 0 Å². The molecule has 0 amide bonds. The fraction of sp³-hybridized carbons (Fsp3) is 0.238. The summed E-state index contributed by atoms with van der Waals surface area (Å²) in [5.41, 5.74) is 5.44. The first-order valence-corrected chi connectivity index (χ1v) is 17.8. The number of hydrogen-bond acceptors (Lipinski definition) is 4. The van der Waals surface area contributed by atoms with Crippen molar-refractivity contribution in [3.8, 4) is 0 Å². The van der Waals surface area contributed by atoms with Crippen molar-refractivity contribution in [1.82, 2.24) is 0 Å². The Morgan fingerprint density at radius 2 is 0.735 bits per heavy atom. The van der Waals surface area contributed by atoms with E-state index in [4.69, 9.17) is 17.5 Å². The lowest BCUT2D eigenvalue weighted by Gasteiger charge is -2.42. The molecule has 260 valence electrons. The van der Waals surface area contributed by atoms with Crippen molar-refractivity contribution in [2.75, 3.05) is 26.2 Å². The van der Waals surface area contributed by atoms with Gasteiger partial charge in [0.2, 0.25) is 0 Å². The van der Waals surface area contributed by atoms with Crippen LogP contribution in [0.2, 0.25) is 0 Å². The summed E-state index contributed by atoms with van der Waals surface area (Å²) in [4.78, 5) is 0. The summed E-state index contributed by atoms with van der Waals surface area (Å²) < 4.78 is 35.9. The highest BCUT2D eigenvalue weighted by Crippen LogP contribution is 2.32. The van der Waals surface area contributed by atoms with Gasteiger partial charge in [0.25, 0.3) is 0 Å². The molecule has 2 atom stereocenters. The maximum atomic E-state index is 8.52. The van der Waals surface area contributed by atoms with Gasteiger partial charge >= 0.3 is 0 Å². The normalized spacial score (nSPS) is 12.5. The van der Waals surface area contributed by atoms with Gasteiger partial charge in [-0.2, -0.15) is 0 Å². The first kappa shape index (κ1) is 40.8. The maximum Gasteiger partial charge on any atom is 0.113 e. The summed E-state index contributed by atoms with van der Waals surface area (Å²) in [6, 6.07) is 43.7. The average molecular weight is 681 g/mol. The molecule has 0 saturated carbocycles. The van der Waals surface area contributed by atoms with Crippen LogP contribution in [-0.4, -0.2) is 52.7 Å². The molecule has 0 aliphatic rings. The van der Waals surface area contributed by atoms with E-state index in [1.165, 1.54) is 22.3 Å². The highest BCUT2D eigenvalue weighted by Gasteiger charge is 2.34. The predicted molar refractivity (Wildman–Crippen MR) is 201 cm³/mol. The summed E-state index contributed by atoms with van der Waals surface area (Å²) >= 11 is 0. The lowest BCUT2D eigenvalue weighted by molar-refractivity contribution is -0.957. The Balaban J connectivity index is 0.000000299. The molecular weight excluding hydrogens is 629 g/mol. The molecular formula is C42H52N2O4S. The van der Waals surface area contributed by atoms with Crippen molar-refractivity contribution in [2.45, 2.75) is 39.0 Å². The van der Waals surface area contributed by atoms with Gasteiger partial charge < -0.3 is 18.1 Å². The van der Waals surface area contributed by atoms with Gasteiger partial charge in [0.05, 0.1) is 26.2 Å². The molecule has 0 aliphatic carbocycles. The van der Waals surface area contributed by atoms with E-state index in [0.29, 0.717) is 12.1 Å². The SMILES string of the molecule is C=CC[N+](CC=C)(Cc1ccccc1)C(C)c1ccccc1.C=CC[N+](CC=C)(Cc1ccccc1)C(C)c1ccccc1.O=S(=O)([O-])[O-]. The number of nitrogens with zero attached hydrogens (tertiary/aromatic N) is 2. The van der Waals surface area contributed by atoms with E-state index in [2.05, 4.69) is 161 Å². The van der Waals surface area contributed by atoms with Gasteiger partial charge in [0.1, 0.15) is 25.2 Å². The average Bonchev–Trinajstić information content (AvgIpc) is 3.09. The highest BCUT2D eigenvalue weighted by atomic mass is 32.3. The molecule has 0 aromatic heterocycles. The van der Waals surface area contributed by atoms with Crippen molar-refractivity contribution in [3.63, 3.8) is 0 Å². The second-order valence-corrected chi connectivity index (χ2v) is 13.0.